The van der Waals surface area contributed by atoms with Gasteiger partial charge >= 0.3 is 0 Å². The van der Waals surface area contributed by atoms with Gasteiger partial charge in [0.15, 0.2) is 0 Å². The lowest BCUT2D eigenvalue weighted by atomic mass is 10.0. The fourth-order valence-electron chi connectivity index (χ4n) is 6.11. The number of rotatable bonds is 35. The minimum Gasteiger partial charge on any atom is -0.324 e. The Labute approximate surface area is 255 Å². The fraction of sp³-hybridized carbons (Fsp3) is 0.949. The highest BCUT2D eigenvalue weighted by Gasteiger charge is 1.99. The molecule has 0 aliphatic carbocycles. The molecule has 0 saturated heterocycles. The number of allylic oxidation sites excluding steroid dienone is 1. The van der Waals surface area contributed by atoms with Crippen LogP contribution in [0.5, 0.6) is 0 Å². The predicted octanol–water partition coefficient (Wildman–Crippen LogP) is 14.2. The van der Waals surface area contributed by atoms with Gasteiger partial charge in [-0.05, 0) is 19.3 Å². The van der Waals surface area contributed by atoms with E-state index >= 15 is 0 Å². The van der Waals surface area contributed by atoms with E-state index in [1.165, 1.54) is 218 Å². The first kappa shape index (κ1) is 39.7. The van der Waals surface area contributed by atoms with Crippen LogP contribution in [0.2, 0.25) is 0 Å². The first-order valence-electron chi connectivity index (χ1n) is 19.2. The quantitative estimate of drug-likeness (QED) is 0.0604. The molecule has 2 N–H and O–H groups in total. The Kier molecular flexibility index (Phi) is 36.5. The molecule has 0 aromatic rings. The van der Waals surface area contributed by atoms with Crippen LogP contribution >= 0.6 is 0 Å². The molecular formula is C39H79N. The smallest absolute Gasteiger partial charge is 0.0223 e. The normalized spacial score (nSPS) is 12.6. The number of nitrogens with two attached hydrogens (primary N) is 1. The second-order valence-electron chi connectivity index (χ2n) is 13.3. The van der Waals surface area contributed by atoms with Gasteiger partial charge in [-0.3, -0.25) is 0 Å². The van der Waals surface area contributed by atoms with Crippen LogP contribution in [-0.2, 0) is 0 Å². The molecule has 0 spiro atoms. The zero-order valence-electron chi connectivity index (χ0n) is 28.4. The van der Waals surface area contributed by atoms with Gasteiger partial charge in [-0.15, -0.1) is 0 Å². The summed E-state index contributed by atoms with van der Waals surface area (Å²) in [6.07, 6.45) is 53.1. The summed E-state index contributed by atoms with van der Waals surface area (Å²) in [7, 11) is 0. The lowest BCUT2D eigenvalue weighted by molar-refractivity contribution is 0.524. The van der Waals surface area contributed by atoms with Crippen molar-refractivity contribution in [3.8, 4) is 0 Å². The van der Waals surface area contributed by atoms with Crippen molar-refractivity contribution in [2.45, 2.75) is 238 Å². The molecule has 1 unspecified atom stereocenters. The molecule has 1 atom stereocenters. The van der Waals surface area contributed by atoms with E-state index in [0.29, 0.717) is 0 Å². The zero-order chi connectivity index (χ0) is 29.0. The molecule has 1 heteroatoms. The fourth-order valence-corrected chi connectivity index (χ4v) is 6.11. The molecule has 0 aromatic heterocycles. The molecule has 0 heterocycles. The lowest BCUT2D eigenvalue weighted by Gasteiger charge is -2.07. The maximum absolute atomic E-state index is 6.32. The summed E-state index contributed by atoms with van der Waals surface area (Å²) in [6.45, 7) is 4.61. The van der Waals surface area contributed by atoms with Gasteiger partial charge in [0.2, 0.25) is 0 Å². The van der Waals surface area contributed by atoms with E-state index in [0.717, 1.165) is 0 Å². The first-order valence-corrected chi connectivity index (χ1v) is 19.2. The largest absolute Gasteiger partial charge is 0.324 e. The monoisotopic (exact) mass is 562 g/mol. The van der Waals surface area contributed by atoms with Crippen molar-refractivity contribution < 1.29 is 0 Å². The van der Waals surface area contributed by atoms with Crippen molar-refractivity contribution in [3.63, 3.8) is 0 Å². The summed E-state index contributed by atoms with van der Waals surface area (Å²) in [5, 5.41) is 0. The van der Waals surface area contributed by atoms with Crippen LogP contribution in [0.3, 0.4) is 0 Å². The van der Waals surface area contributed by atoms with Gasteiger partial charge < -0.3 is 5.73 Å². The Hall–Kier alpha value is -0.300. The van der Waals surface area contributed by atoms with E-state index in [1.54, 1.807) is 0 Å². The van der Waals surface area contributed by atoms with Gasteiger partial charge in [0.1, 0.15) is 0 Å². The first-order chi connectivity index (χ1) is 19.8. The molecule has 0 fully saturated rings. The highest BCUT2D eigenvalue weighted by molar-refractivity contribution is 4.91. The van der Waals surface area contributed by atoms with Crippen molar-refractivity contribution in [1.82, 2.24) is 0 Å². The third-order valence-electron chi connectivity index (χ3n) is 9.00. The molecule has 1 nitrogen and oxygen atoms in total. The van der Waals surface area contributed by atoms with Crippen molar-refractivity contribution in [3.05, 3.63) is 12.2 Å². The molecule has 0 radical (unpaired) electrons. The molecular weight excluding hydrogens is 482 g/mol. The molecule has 0 rings (SSSR count). The molecule has 0 aliphatic heterocycles. The molecule has 40 heavy (non-hydrogen) atoms. The molecule has 0 aromatic carbocycles. The van der Waals surface area contributed by atoms with Crippen molar-refractivity contribution in [2.75, 3.05) is 0 Å². The van der Waals surface area contributed by atoms with E-state index in [1.807, 2.05) is 0 Å². The maximum atomic E-state index is 6.32. The van der Waals surface area contributed by atoms with E-state index in [-0.39, 0.29) is 6.04 Å². The second kappa shape index (κ2) is 36.7. The summed E-state index contributed by atoms with van der Waals surface area (Å²) in [5.74, 6) is 0. The second-order valence-corrected chi connectivity index (χ2v) is 13.3. The number of unbranched alkanes of at least 4 members (excludes halogenated alkanes) is 31. The molecule has 0 saturated carbocycles. The van der Waals surface area contributed by atoms with E-state index in [9.17, 15) is 0 Å². The molecule has 0 bridgehead atoms. The van der Waals surface area contributed by atoms with E-state index in [4.69, 9.17) is 5.73 Å². The lowest BCUT2D eigenvalue weighted by Crippen LogP contribution is -2.16. The van der Waals surface area contributed by atoms with Crippen LogP contribution in [0, 0.1) is 0 Å². The zero-order valence-corrected chi connectivity index (χ0v) is 28.4. The summed E-state index contributed by atoms with van der Waals surface area (Å²) in [6, 6.07) is 0.285. The Morgan fingerprint density at radius 3 is 0.900 bits per heavy atom. The third-order valence-corrected chi connectivity index (χ3v) is 9.00. The average molecular weight is 562 g/mol. The topological polar surface area (TPSA) is 26.0 Å². The van der Waals surface area contributed by atoms with Crippen LogP contribution in [0.15, 0.2) is 12.2 Å². The predicted molar refractivity (Wildman–Crippen MR) is 185 cm³/mol. The van der Waals surface area contributed by atoms with Crippen LogP contribution in [0.4, 0.5) is 0 Å². The SMILES string of the molecule is CCCCCCCCCCCCCCCCCCC=CC(N)CCCCCCCCCCCCCCCCCC. The molecule has 0 amide bonds. The van der Waals surface area contributed by atoms with E-state index in [2.05, 4.69) is 26.0 Å². The van der Waals surface area contributed by atoms with Crippen molar-refractivity contribution >= 4 is 0 Å². The van der Waals surface area contributed by atoms with Crippen molar-refractivity contribution in [2.24, 2.45) is 5.73 Å². The van der Waals surface area contributed by atoms with Crippen LogP contribution in [-0.4, -0.2) is 6.04 Å². The van der Waals surface area contributed by atoms with E-state index < -0.39 is 0 Å². The summed E-state index contributed by atoms with van der Waals surface area (Å²) in [5.41, 5.74) is 6.32. The minimum absolute atomic E-state index is 0.285. The Morgan fingerprint density at radius 2 is 0.600 bits per heavy atom. The standard InChI is InChI=1S/C39H79N/c1-3-5-7-9-11-13-15-17-19-21-22-24-26-28-30-32-34-36-38-39(40)37-35-33-31-29-27-25-23-20-18-16-14-12-10-8-6-4-2/h36,38-39H,3-35,37,40H2,1-2H3. The minimum atomic E-state index is 0.285. The highest BCUT2D eigenvalue weighted by atomic mass is 14.6. The van der Waals surface area contributed by atoms with Crippen LogP contribution in [0.25, 0.3) is 0 Å². The third kappa shape index (κ3) is 35.7. The summed E-state index contributed by atoms with van der Waals surface area (Å²) in [4.78, 5) is 0. The van der Waals surface area contributed by atoms with Gasteiger partial charge in [-0.2, -0.15) is 0 Å². The Bertz CT molecular complexity index is 456. The van der Waals surface area contributed by atoms with Gasteiger partial charge in [-0.25, -0.2) is 0 Å². The molecule has 240 valence electrons. The maximum Gasteiger partial charge on any atom is 0.0223 e. The Morgan fingerprint density at radius 1 is 0.350 bits per heavy atom. The van der Waals surface area contributed by atoms with Gasteiger partial charge in [0, 0.05) is 6.04 Å². The van der Waals surface area contributed by atoms with Gasteiger partial charge in [0.05, 0.1) is 0 Å². The highest BCUT2D eigenvalue weighted by Crippen LogP contribution is 2.16. The van der Waals surface area contributed by atoms with Crippen LogP contribution < -0.4 is 5.73 Å². The average Bonchev–Trinajstić information content (AvgIpc) is 2.96. The van der Waals surface area contributed by atoms with Crippen LogP contribution in [0.1, 0.15) is 232 Å². The number of hydrogen-bond acceptors (Lipinski definition) is 1. The Balaban J connectivity index is 3.20. The summed E-state index contributed by atoms with van der Waals surface area (Å²) >= 11 is 0. The van der Waals surface area contributed by atoms with Gasteiger partial charge in [-0.1, -0.05) is 225 Å². The van der Waals surface area contributed by atoms with Gasteiger partial charge in [0.25, 0.3) is 0 Å². The summed E-state index contributed by atoms with van der Waals surface area (Å²) < 4.78 is 0. The molecule has 0 aliphatic rings. The number of hydrogen-bond donors (Lipinski definition) is 1. The van der Waals surface area contributed by atoms with Crippen molar-refractivity contribution in [1.29, 1.82) is 0 Å².